The van der Waals surface area contributed by atoms with Gasteiger partial charge in [0.25, 0.3) is 0 Å². The quantitative estimate of drug-likeness (QED) is 0.875. The Kier molecular flexibility index (Phi) is 3.04. The van der Waals surface area contributed by atoms with E-state index in [1.54, 1.807) is 0 Å². The molecule has 1 amide bonds. The lowest BCUT2D eigenvalue weighted by Gasteiger charge is -2.25. The number of ether oxygens (including phenoxy) is 2. The third-order valence-electron chi connectivity index (χ3n) is 5.05. The summed E-state index contributed by atoms with van der Waals surface area (Å²) in [6, 6.07) is 5.96. The molecule has 124 valence electrons. The van der Waals surface area contributed by atoms with Crippen LogP contribution in [0.25, 0.3) is 0 Å². The van der Waals surface area contributed by atoms with Gasteiger partial charge in [0.2, 0.25) is 5.91 Å². The number of hydrogen-bond donors (Lipinski definition) is 1. The second kappa shape index (κ2) is 5.26. The molecule has 3 aliphatic rings. The van der Waals surface area contributed by atoms with Gasteiger partial charge in [-0.05, 0) is 30.5 Å². The van der Waals surface area contributed by atoms with Crippen LogP contribution in [0.15, 0.2) is 18.2 Å². The van der Waals surface area contributed by atoms with E-state index < -0.39 is 0 Å². The van der Waals surface area contributed by atoms with Gasteiger partial charge < -0.3 is 19.4 Å². The molecule has 0 saturated heterocycles. The highest BCUT2D eigenvalue weighted by Crippen LogP contribution is 2.41. The van der Waals surface area contributed by atoms with Crippen LogP contribution in [0.1, 0.15) is 42.3 Å². The van der Waals surface area contributed by atoms with E-state index >= 15 is 0 Å². The first-order chi connectivity index (χ1) is 11.8. The Balaban J connectivity index is 1.60. The maximum atomic E-state index is 12.3. The number of anilines is 1. The molecular formula is C18H19N3O3. The van der Waals surface area contributed by atoms with Crippen LogP contribution < -0.4 is 14.8 Å². The van der Waals surface area contributed by atoms with Crippen LogP contribution in [0.4, 0.5) is 5.82 Å². The molecule has 5 rings (SSSR count). The maximum absolute atomic E-state index is 12.3. The first kappa shape index (κ1) is 13.9. The minimum atomic E-state index is -0.0253. The second-order valence-electron chi connectivity index (χ2n) is 6.58. The average molecular weight is 325 g/mol. The zero-order valence-corrected chi connectivity index (χ0v) is 13.4. The van der Waals surface area contributed by atoms with Crippen molar-refractivity contribution < 1.29 is 14.3 Å². The summed E-state index contributed by atoms with van der Waals surface area (Å²) in [5.74, 6) is 3.54. The first-order valence-corrected chi connectivity index (χ1v) is 8.58. The van der Waals surface area contributed by atoms with Crippen molar-refractivity contribution in [3.05, 3.63) is 35.3 Å². The molecule has 4 heterocycles. The Morgan fingerprint density at radius 3 is 2.96 bits per heavy atom. The van der Waals surface area contributed by atoms with Crippen LogP contribution >= 0.6 is 0 Å². The molecule has 24 heavy (non-hydrogen) atoms. The molecule has 6 nitrogen and oxygen atoms in total. The van der Waals surface area contributed by atoms with E-state index in [0.717, 1.165) is 53.8 Å². The maximum Gasteiger partial charge on any atom is 0.226 e. The predicted octanol–water partition coefficient (Wildman–Crippen LogP) is 2.46. The lowest BCUT2D eigenvalue weighted by Crippen LogP contribution is -2.25. The molecule has 0 saturated carbocycles. The normalized spacial score (nSPS) is 21.7. The van der Waals surface area contributed by atoms with Crippen LogP contribution in [0, 0.1) is 0 Å². The number of aryl methyl sites for hydroxylation is 1. The molecule has 0 spiro atoms. The van der Waals surface area contributed by atoms with Crippen LogP contribution in [0.3, 0.4) is 0 Å². The highest BCUT2D eigenvalue weighted by Gasteiger charge is 2.33. The van der Waals surface area contributed by atoms with Gasteiger partial charge in [-0.2, -0.15) is 0 Å². The van der Waals surface area contributed by atoms with Crippen LogP contribution in [-0.4, -0.2) is 28.7 Å². The summed E-state index contributed by atoms with van der Waals surface area (Å²) < 4.78 is 13.5. The highest BCUT2D eigenvalue weighted by molar-refractivity contribution is 5.94. The van der Waals surface area contributed by atoms with Crippen molar-refractivity contribution in [2.45, 2.75) is 38.1 Å². The number of benzene rings is 1. The minimum Gasteiger partial charge on any atom is -0.486 e. The fourth-order valence-corrected chi connectivity index (χ4v) is 3.90. The van der Waals surface area contributed by atoms with E-state index in [0.29, 0.717) is 19.6 Å². The molecule has 3 aliphatic heterocycles. The molecular weight excluding hydrogens is 306 g/mol. The lowest BCUT2D eigenvalue weighted by molar-refractivity contribution is -0.116. The number of fused-ring (bicyclic) bond motifs is 4. The smallest absolute Gasteiger partial charge is 0.226 e. The highest BCUT2D eigenvalue weighted by atomic mass is 16.6. The third-order valence-corrected chi connectivity index (χ3v) is 5.05. The standard InChI is InChI=1S/C18H19N3O3/c22-16-10-12(11-4-5-13-14(9-11)24-8-7-23-13)17-18(20-16)21-6-2-1-3-15(21)19-17/h4-5,9,12H,1-3,6-8,10H2,(H,20,22)/t12-/m0/s1. The summed E-state index contributed by atoms with van der Waals surface area (Å²) in [5, 5.41) is 3.04. The van der Waals surface area contributed by atoms with Gasteiger partial charge in [0.05, 0.1) is 5.69 Å². The van der Waals surface area contributed by atoms with Crippen molar-refractivity contribution in [3.63, 3.8) is 0 Å². The summed E-state index contributed by atoms with van der Waals surface area (Å²) >= 11 is 0. The predicted molar refractivity (Wildman–Crippen MR) is 87.7 cm³/mol. The fourth-order valence-electron chi connectivity index (χ4n) is 3.90. The molecule has 0 radical (unpaired) electrons. The number of imidazole rings is 1. The zero-order valence-electron chi connectivity index (χ0n) is 13.4. The number of hydrogen-bond acceptors (Lipinski definition) is 4. The molecule has 1 N–H and O–H groups in total. The van der Waals surface area contributed by atoms with Crippen molar-refractivity contribution in [1.29, 1.82) is 0 Å². The molecule has 0 bridgehead atoms. The molecule has 6 heteroatoms. The van der Waals surface area contributed by atoms with Crippen molar-refractivity contribution in [3.8, 4) is 11.5 Å². The van der Waals surface area contributed by atoms with E-state index in [9.17, 15) is 4.79 Å². The topological polar surface area (TPSA) is 65.4 Å². The monoisotopic (exact) mass is 325 g/mol. The fraction of sp³-hybridized carbons (Fsp3) is 0.444. The van der Waals surface area contributed by atoms with Gasteiger partial charge in [-0.15, -0.1) is 0 Å². The number of amides is 1. The van der Waals surface area contributed by atoms with Crippen LogP contribution in [-0.2, 0) is 17.8 Å². The summed E-state index contributed by atoms with van der Waals surface area (Å²) in [7, 11) is 0. The van der Waals surface area contributed by atoms with Gasteiger partial charge >= 0.3 is 0 Å². The van der Waals surface area contributed by atoms with Crippen molar-refractivity contribution in [2.24, 2.45) is 0 Å². The van der Waals surface area contributed by atoms with E-state index in [-0.39, 0.29) is 11.8 Å². The summed E-state index contributed by atoms with van der Waals surface area (Å²) in [6.07, 6.45) is 3.71. The minimum absolute atomic E-state index is 0.0253. The third kappa shape index (κ3) is 2.09. The van der Waals surface area contributed by atoms with E-state index in [1.807, 2.05) is 18.2 Å². The summed E-state index contributed by atoms with van der Waals surface area (Å²) in [6.45, 7) is 2.08. The Morgan fingerprint density at radius 2 is 2.04 bits per heavy atom. The molecule has 1 aromatic carbocycles. The molecule has 2 aromatic rings. The van der Waals surface area contributed by atoms with Gasteiger partial charge in [0.15, 0.2) is 11.5 Å². The van der Waals surface area contributed by atoms with Gasteiger partial charge in [0.1, 0.15) is 24.9 Å². The largest absolute Gasteiger partial charge is 0.486 e. The molecule has 0 unspecified atom stereocenters. The number of nitrogens with one attached hydrogen (secondary N) is 1. The Labute approximate surface area is 139 Å². The zero-order chi connectivity index (χ0) is 16.1. The van der Waals surface area contributed by atoms with Gasteiger partial charge in [0, 0.05) is 25.3 Å². The average Bonchev–Trinajstić information content (AvgIpc) is 2.99. The van der Waals surface area contributed by atoms with E-state index in [1.165, 1.54) is 6.42 Å². The number of rotatable bonds is 1. The molecule has 1 aromatic heterocycles. The number of carbonyl (C=O) groups is 1. The Bertz CT molecular complexity index is 827. The van der Waals surface area contributed by atoms with Crippen LogP contribution in [0.2, 0.25) is 0 Å². The molecule has 1 atom stereocenters. The Morgan fingerprint density at radius 1 is 1.17 bits per heavy atom. The molecule has 0 fully saturated rings. The van der Waals surface area contributed by atoms with Crippen molar-refractivity contribution in [1.82, 2.24) is 9.55 Å². The van der Waals surface area contributed by atoms with Gasteiger partial charge in [-0.3, -0.25) is 4.79 Å². The Hall–Kier alpha value is -2.50. The lowest BCUT2D eigenvalue weighted by atomic mass is 9.89. The summed E-state index contributed by atoms with van der Waals surface area (Å²) in [4.78, 5) is 17.1. The number of carbonyl (C=O) groups excluding carboxylic acids is 1. The second-order valence-corrected chi connectivity index (χ2v) is 6.58. The SMILES string of the molecule is O=C1C[C@@H](c2ccc3c(c2)OCCO3)c2nc3n(c2N1)CCCC3. The van der Waals surface area contributed by atoms with Crippen molar-refractivity contribution in [2.75, 3.05) is 18.5 Å². The van der Waals surface area contributed by atoms with Gasteiger partial charge in [-0.25, -0.2) is 4.98 Å². The van der Waals surface area contributed by atoms with E-state index in [2.05, 4.69) is 9.88 Å². The molecule has 0 aliphatic carbocycles. The summed E-state index contributed by atoms with van der Waals surface area (Å²) in [5.41, 5.74) is 2.05. The van der Waals surface area contributed by atoms with Gasteiger partial charge in [-0.1, -0.05) is 6.07 Å². The number of nitrogens with zero attached hydrogens (tertiary/aromatic N) is 2. The number of aromatic nitrogens is 2. The van der Waals surface area contributed by atoms with Crippen molar-refractivity contribution >= 4 is 11.7 Å². The first-order valence-electron chi connectivity index (χ1n) is 8.58. The van der Waals surface area contributed by atoms with Crippen LogP contribution in [0.5, 0.6) is 11.5 Å². The van der Waals surface area contributed by atoms with E-state index in [4.69, 9.17) is 14.5 Å².